The normalized spacial score (nSPS) is 17.0. The molecule has 0 saturated heterocycles. The lowest BCUT2D eigenvalue weighted by molar-refractivity contribution is 0.507. The van der Waals surface area contributed by atoms with E-state index in [0.717, 1.165) is 29.0 Å². The van der Waals surface area contributed by atoms with Gasteiger partial charge in [0, 0.05) is 30.9 Å². The van der Waals surface area contributed by atoms with E-state index >= 15 is 0 Å². The average Bonchev–Trinajstić information content (AvgIpc) is 2.89. The van der Waals surface area contributed by atoms with Gasteiger partial charge in [0.15, 0.2) is 0 Å². The number of anilines is 1. The summed E-state index contributed by atoms with van der Waals surface area (Å²) in [5.74, 6) is 0.711. The Kier molecular flexibility index (Phi) is 4.49. The van der Waals surface area contributed by atoms with E-state index in [-0.39, 0.29) is 0 Å². The van der Waals surface area contributed by atoms with Gasteiger partial charge in [-0.05, 0) is 48.4 Å². The van der Waals surface area contributed by atoms with E-state index in [2.05, 4.69) is 47.2 Å². The Labute approximate surface area is 141 Å². The fourth-order valence-corrected chi connectivity index (χ4v) is 4.24. The number of benzene rings is 1. The summed E-state index contributed by atoms with van der Waals surface area (Å²) >= 11 is 1.69. The summed E-state index contributed by atoms with van der Waals surface area (Å²) < 4.78 is 0. The number of nitriles is 1. The van der Waals surface area contributed by atoms with Crippen LogP contribution < -0.4 is 4.90 Å². The predicted octanol–water partition coefficient (Wildman–Crippen LogP) is 4.56. The van der Waals surface area contributed by atoms with Crippen LogP contribution in [0.5, 0.6) is 0 Å². The zero-order valence-electron chi connectivity index (χ0n) is 13.8. The van der Waals surface area contributed by atoms with E-state index in [0.29, 0.717) is 5.92 Å². The highest BCUT2D eigenvalue weighted by Crippen LogP contribution is 2.40. The molecule has 0 saturated carbocycles. The maximum Gasteiger partial charge on any atom is 0.134 e. The summed E-state index contributed by atoms with van der Waals surface area (Å²) in [6, 6.07) is 10.6. The van der Waals surface area contributed by atoms with Gasteiger partial charge in [-0.1, -0.05) is 19.1 Å². The summed E-state index contributed by atoms with van der Waals surface area (Å²) in [5.41, 5.74) is 4.25. The van der Waals surface area contributed by atoms with Crippen LogP contribution in [0.25, 0.3) is 0 Å². The lowest BCUT2D eigenvalue weighted by Gasteiger charge is -2.17. The Bertz CT molecular complexity index is 763. The van der Waals surface area contributed by atoms with Crippen molar-refractivity contribution >= 4 is 28.2 Å². The molecule has 1 unspecified atom stereocenters. The van der Waals surface area contributed by atoms with Crippen LogP contribution in [0.2, 0.25) is 0 Å². The van der Waals surface area contributed by atoms with Crippen LogP contribution in [0.1, 0.15) is 34.9 Å². The van der Waals surface area contributed by atoms with Gasteiger partial charge in [-0.3, -0.25) is 0 Å². The van der Waals surface area contributed by atoms with Crippen molar-refractivity contribution in [3.63, 3.8) is 0 Å². The Morgan fingerprint density at radius 2 is 2.04 bits per heavy atom. The minimum atomic E-state index is 0.711. The lowest BCUT2D eigenvalue weighted by atomic mass is 9.89. The molecule has 0 radical (unpaired) electrons. The van der Waals surface area contributed by atoms with Crippen LogP contribution in [0.15, 0.2) is 29.3 Å². The van der Waals surface area contributed by atoms with Crippen LogP contribution >= 0.6 is 11.3 Å². The molecule has 1 aromatic carbocycles. The van der Waals surface area contributed by atoms with Crippen LogP contribution in [0, 0.1) is 17.2 Å². The van der Waals surface area contributed by atoms with Crippen molar-refractivity contribution in [3.8, 4) is 6.07 Å². The second-order valence-electron chi connectivity index (χ2n) is 6.39. The molecule has 1 atom stereocenters. The van der Waals surface area contributed by atoms with Crippen molar-refractivity contribution in [1.29, 1.82) is 5.26 Å². The minimum Gasteiger partial charge on any atom is -0.378 e. The predicted molar refractivity (Wildman–Crippen MR) is 98.2 cm³/mol. The highest BCUT2D eigenvalue weighted by atomic mass is 32.1. The molecule has 3 nitrogen and oxygen atoms in total. The van der Waals surface area contributed by atoms with Gasteiger partial charge < -0.3 is 4.90 Å². The molecule has 2 aromatic rings. The molecule has 1 aliphatic rings. The zero-order chi connectivity index (χ0) is 16.4. The lowest BCUT2D eigenvalue weighted by Crippen LogP contribution is -2.09. The van der Waals surface area contributed by atoms with Crippen LogP contribution in [0.3, 0.4) is 0 Å². The molecular weight excluding hydrogens is 302 g/mol. The summed E-state index contributed by atoms with van der Waals surface area (Å²) in [6.07, 6.45) is 5.14. The number of hydrogen-bond acceptors (Lipinski definition) is 4. The first-order valence-electron chi connectivity index (χ1n) is 7.94. The number of aliphatic imine (C=N–C) groups is 1. The van der Waals surface area contributed by atoms with Gasteiger partial charge in [0.2, 0.25) is 0 Å². The molecule has 0 bridgehead atoms. The number of fused-ring (bicyclic) bond motifs is 1. The number of thiophene rings is 1. The summed E-state index contributed by atoms with van der Waals surface area (Å²) in [6.45, 7) is 2.28. The summed E-state index contributed by atoms with van der Waals surface area (Å²) in [4.78, 5) is 8.04. The van der Waals surface area contributed by atoms with E-state index in [1.54, 1.807) is 11.3 Å². The van der Waals surface area contributed by atoms with Crippen molar-refractivity contribution in [2.24, 2.45) is 10.9 Å². The molecule has 0 aliphatic heterocycles. The molecule has 1 aromatic heterocycles. The van der Waals surface area contributed by atoms with E-state index in [9.17, 15) is 5.26 Å². The van der Waals surface area contributed by atoms with Gasteiger partial charge in [-0.25, -0.2) is 4.99 Å². The second-order valence-corrected chi connectivity index (χ2v) is 7.47. The van der Waals surface area contributed by atoms with Crippen molar-refractivity contribution in [3.05, 3.63) is 45.8 Å². The number of rotatable bonds is 3. The van der Waals surface area contributed by atoms with Crippen LogP contribution in [-0.2, 0) is 12.8 Å². The average molecular weight is 323 g/mol. The fraction of sp³-hybridized carbons (Fsp3) is 0.368. The molecule has 0 fully saturated rings. The SMILES string of the molecule is CC1CCc2c(sc(N=Cc3ccc(N(C)C)cc3)c2C#N)C1. The quantitative estimate of drug-likeness (QED) is 0.777. The Hall–Kier alpha value is -2.12. The standard InChI is InChI=1S/C19H21N3S/c1-13-4-9-16-17(11-20)19(23-18(16)10-13)21-12-14-5-7-15(8-6-14)22(2)3/h5-8,12-13H,4,9-10H2,1-3H3. The molecule has 3 rings (SSSR count). The molecule has 0 N–H and O–H groups in total. The highest BCUT2D eigenvalue weighted by Gasteiger charge is 2.23. The highest BCUT2D eigenvalue weighted by molar-refractivity contribution is 7.16. The molecule has 0 spiro atoms. The van der Waals surface area contributed by atoms with Gasteiger partial charge in [-0.15, -0.1) is 11.3 Å². The largest absolute Gasteiger partial charge is 0.378 e. The first-order chi connectivity index (χ1) is 11.1. The summed E-state index contributed by atoms with van der Waals surface area (Å²) in [7, 11) is 4.05. The molecule has 23 heavy (non-hydrogen) atoms. The molecule has 1 heterocycles. The fourth-order valence-electron chi connectivity index (χ4n) is 2.93. The molecular formula is C19H21N3S. The first-order valence-corrected chi connectivity index (χ1v) is 8.76. The smallest absolute Gasteiger partial charge is 0.134 e. The van der Waals surface area contributed by atoms with Gasteiger partial charge in [0.05, 0.1) is 5.56 Å². The van der Waals surface area contributed by atoms with Crippen molar-refractivity contribution in [2.75, 3.05) is 19.0 Å². The Balaban J connectivity index is 1.86. The van der Waals surface area contributed by atoms with Gasteiger partial charge in [0.1, 0.15) is 11.1 Å². The molecule has 4 heteroatoms. The van der Waals surface area contributed by atoms with E-state index in [1.165, 1.54) is 22.5 Å². The first kappa shape index (κ1) is 15.8. The Morgan fingerprint density at radius 3 is 2.70 bits per heavy atom. The maximum absolute atomic E-state index is 9.50. The summed E-state index contributed by atoms with van der Waals surface area (Å²) in [5, 5.41) is 10.4. The van der Waals surface area contributed by atoms with Crippen molar-refractivity contribution in [1.82, 2.24) is 0 Å². The second kappa shape index (κ2) is 6.55. The number of hydrogen-bond donors (Lipinski definition) is 0. The third kappa shape index (κ3) is 3.30. The van der Waals surface area contributed by atoms with Crippen molar-refractivity contribution < 1.29 is 0 Å². The third-order valence-corrected chi connectivity index (χ3v) is 5.51. The monoisotopic (exact) mass is 323 g/mol. The van der Waals surface area contributed by atoms with E-state index in [4.69, 9.17) is 0 Å². The molecule has 118 valence electrons. The van der Waals surface area contributed by atoms with E-state index in [1.807, 2.05) is 20.3 Å². The van der Waals surface area contributed by atoms with Gasteiger partial charge in [-0.2, -0.15) is 5.26 Å². The number of nitrogens with zero attached hydrogens (tertiary/aromatic N) is 3. The Morgan fingerprint density at radius 1 is 1.30 bits per heavy atom. The van der Waals surface area contributed by atoms with Gasteiger partial charge >= 0.3 is 0 Å². The molecule has 1 aliphatic carbocycles. The van der Waals surface area contributed by atoms with Crippen LogP contribution in [-0.4, -0.2) is 20.3 Å². The maximum atomic E-state index is 9.50. The third-order valence-electron chi connectivity index (χ3n) is 4.35. The van der Waals surface area contributed by atoms with Crippen molar-refractivity contribution in [2.45, 2.75) is 26.2 Å². The zero-order valence-corrected chi connectivity index (χ0v) is 14.7. The van der Waals surface area contributed by atoms with E-state index < -0.39 is 0 Å². The van der Waals surface area contributed by atoms with Gasteiger partial charge in [0.25, 0.3) is 0 Å². The van der Waals surface area contributed by atoms with Crippen LogP contribution in [0.4, 0.5) is 10.7 Å². The minimum absolute atomic E-state index is 0.711. The topological polar surface area (TPSA) is 39.4 Å². The molecule has 0 amide bonds.